The molecule has 0 bridgehead atoms. The molecule has 27 heavy (non-hydrogen) atoms. The Morgan fingerprint density at radius 1 is 0.444 bits per heavy atom. The lowest BCUT2D eigenvalue weighted by Gasteiger charge is -2.13. The Labute approximate surface area is 171 Å². The van der Waals surface area contributed by atoms with Crippen LogP contribution >= 0.6 is 34.8 Å². The molecule has 0 spiro atoms. The summed E-state index contributed by atoms with van der Waals surface area (Å²) in [7, 11) is 0. The molecular formula is C21H12Cl3N3. The second-order valence-corrected chi connectivity index (χ2v) is 7.19. The van der Waals surface area contributed by atoms with Gasteiger partial charge in [0, 0.05) is 31.8 Å². The lowest BCUT2D eigenvalue weighted by atomic mass is 9.95. The van der Waals surface area contributed by atoms with Crippen molar-refractivity contribution in [1.82, 2.24) is 15.4 Å². The highest BCUT2D eigenvalue weighted by Gasteiger charge is 2.18. The molecule has 0 radical (unpaired) electrons. The molecule has 6 heteroatoms. The molecule has 0 aliphatic rings. The van der Waals surface area contributed by atoms with Gasteiger partial charge in [-0.2, -0.15) is 0 Å². The Morgan fingerprint density at radius 3 is 1.15 bits per heavy atom. The summed E-state index contributed by atoms with van der Waals surface area (Å²) in [6.45, 7) is 0. The van der Waals surface area contributed by atoms with Crippen molar-refractivity contribution in [3.8, 4) is 33.6 Å². The zero-order valence-corrected chi connectivity index (χ0v) is 16.2. The summed E-state index contributed by atoms with van der Waals surface area (Å²) in [5.74, 6) is 0. The van der Waals surface area contributed by atoms with E-state index < -0.39 is 0 Å². The molecule has 0 N–H and O–H groups in total. The van der Waals surface area contributed by atoms with Crippen molar-refractivity contribution >= 4 is 34.8 Å². The van der Waals surface area contributed by atoms with E-state index in [9.17, 15) is 0 Å². The lowest BCUT2D eigenvalue weighted by Crippen LogP contribution is -2.00. The van der Waals surface area contributed by atoms with Gasteiger partial charge in [-0.25, -0.2) is 0 Å². The first-order valence-corrected chi connectivity index (χ1v) is 9.26. The minimum absolute atomic E-state index is 0.659. The second-order valence-electron chi connectivity index (χ2n) is 5.88. The minimum atomic E-state index is 0.659. The third kappa shape index (κ3) is 3.81. The van der Waals surface area contributed by atoms with Crippen LogP contribution in [0.3, 0.4) is 0 Å². The van der Waals surface area contributed by atoms with Crippen molar-refractivity contribution in [3.63, 3.8) is 0 Å². The summed E-state index contributed by atoms with van der Waals surface area (Å²) >= 11 is 18.2. The highest BCUT2D eigenvalue weighted by Crippen LogP contribution is 2.37. The van der Waals surface area contributed by atoms with Gasteiger partial charge in [-0.15, -0.1) is 10.2 Å². The van der Waals surface area contributed by atoms with Crippen molar-refractivity contribution in [3.05, 3.63) is 87.9 Å². The van der Waals surface area contributed by atoms with Crippen molar-refractivity contribution in [2.24, 2.45) is 0 Å². The van der Waals surface area contributed by atoms with Gasteiger partial charge in [-0.1, -0.05) is 71.2 Å². The third-order valence-corrected chi connectivity index (χ3v) is 4.89. The van der Waals surface area contributed by atoms with Crippen LogP contribution in [0, 0.1) is 0 Å². The largest absolute Gasteiger partial charge is 0.129 e. The Bertz CT molecular complexity index is 1010. The van der Waals surface area contributed by atoms with Crippen LogP contribution < -0.4 is 0 Å². The molecule has 0 unspecified atom stereocenters. The first kappa shape index (κ1) is 17.9. The average molecular weight is 413 g/mol. The van der Waals surface area contributed by atoms with E-state index in [0.717, 1.165) is 22.3 Å². The van der Waals surface area contributed by atoms with Crippen LogP contribution in [0.5, 0.6) is 0 Å². The lowest BCUT2D eigenvalue weighted by molar-refractivity contribution is 0.878. The van der Waals surface area contributed by atoms with Gasteiger partial charge in [-0.3, -0.25) is 0 Å². The molecule has 3 nitrogen and oxygen atoms in total. The number of halogens is 3. The predicted octanol–water partition coefficient (Wildman–Crippen LogP) is 6.83. The first-order valence-electron chi connectivity index (χ1n) is 8.13. The summed E-state index contributed by atoms with van der Waals surface area (Å²) in [5, 5.41) is 14.6. The summed E-state index contributed by atoms with van der Waals surface area (Å²) in [6, 6.07) is 22.5. The standard InChI is InChI=1S/C21H12Cl3N3/c22-16-7-1-13(2-8-16)19-20(14-3-9-17(23)10-4-14)25-27-26-21(19)15-5-11-18(24)12-6-15/h1-12H. The van der Waals surface area contributed by atoms with Crippen LogP contribution in [0.2, 0.25) is 15.1 Å². The van der Waals surface area contributed by atoms with Crippen LogP contribution in [0.1, 0.15) is 0 Å². The molecule has 0 fully saturated rings. The molecular weight excluding hydrogens is 401 g/mol. The van der Waals surface area contributed by atoms with Gasteiger partial charge in [0.05, 0.1) is 0 Å². The van der Waals surface area contributed by atoms with Gasteiger partial charge in [-0.05, 0) is 47.2 Å². The number of hydrogen-bond donors (Lipinski definition) is 0. The van der Waals surface area contributed by atoms with Crippen molar-refractivity contribution in [2.45, 2.75) is 0 Å². The number of rotatable bonds is 3. The highest BCUT2D eigenvalue weighted by atomic mass is 35.5. The van der Waals surface area contributed by atoms with Crippen molar-refractivity contribution in [1.29, 1.82) is 0 Å². The molecule has 4 rings (SSSR count). The van der Waals surface area contributed by atoms with Gasteiger partial charge < -0.3 is 0 Å². The van der Waals surface area contributed by atoms with E-state index >= 15 is 0 Å². The van der Waals surface area contributed by atoms with Crippen LogP contribution in [-0.2, 0) is 0 Å². The molecule has 0 aliphatic carbocycles. The van der Waals surface area contributed by atoms with Crippen LogP contribution in [0.25, 0.3) is 33.6 Å². The summed E-state index contributed by atoms with van der Waals surface area (Å²) in [5.41, 5.74) is 5.04. The van der Waals surface area contributed by atoms with Gasteiger partial charge in [0.1, 0.15) is 11.4 Å². The smallest absolute Gasteiger partial charge is 0.105 e. The summed E-state index contributed by atoms with van der Waals surface area (Å²) < 4.78 is 0. The van der Waals surface area contributed by atoms with E-state index in [-0.39, 0.29) is 0 Å². The maximum Gasteiger partial charge on any atom is 0.105 e. The zero-order valence-electron chi connectivity index (χ0n) is 13.9. The SMILES string of the molecule is Clc1ccc(-c2nnnc(-c3ccc(Cl)cc3)c2-c2ccc(Cl)cc2)cc1. The maximum atomic E-state index is 6.07. The van der Waals surface area contributed by atoms with Crippen LogP contribution in [0.4, 0.5) is 0 Å². The number of hydrogen-bond acceptors (Lipinski definition) is 3. The number of aromatic nitrogens is 3. The first-order chi connectivity index (χ1) is 13.1. The fourth-order valence-corrected chi connectivity index (χ4v) is 3.21. The molecule has 1 heterocycles. The fraction of sp³-hybridized carbons (Fsp3) is 0. The molecule has 0 saturated heterocycles. The average Bonchev–Trinajstić information content (AvgIpc) is 2.69. The van der Waals surface area contributed by atoms with E-state index in [1.54, 1.807) is 0 Å². The highest BCUT2D eigenvalue weighted by molar-refractivity contribution is 6.31. The van der Waals surface area contributed by atoms with E-state index in [2.05, 4.69) is 15.4 Å². The molecule has 132 valence electrons. The molecule has 0 saturated carbocycles. The maximum absolute atomic E-state index is 6.07. The van der Waals surface area contributed by atoms with Crippen molar-refractivity contribution in [2.75, 3.05) is 0 Å². The van der Waals surface area contributed by atoms with Gasteiger partial charge in [0.25, 0.3) is 0 Å². The Balaban J connectivity index is 1.99. The monoisotopic (exact) mass is 411 g/mol. The molecule has 4 aromatic rings. The third-order valence-electron chi connectivity index (χ3n) is 4.13. The van der Waals surface area contributed by atoms with Crippen molar-refractivity contribution < 1.29 is 0 Å². The van der Waals surface area contributed by atoms with E-state index in [1.165, 1.54) is 0 Å². The fourth-order valence-electron chi connectivity index (χ4n) is 2.83. The zero-order chi connectivity index (χ0) is 18.8. The topological polar surface area (TPSA) is 38.7 Å². The minimum Gasteiger partial charge on any atom is -0.129 e. The Hall–Kier alpha value is -2.46. The second kappa shape index (κ2) is 7.65. The van der Waals surface area contributed by atoms with Gasteiger partial charge >= 0.3 is 0 Å². The molecule has 0 atom stereocenters. The summed E-state index contributed by atoms with van der Waals surface area (Å²) in [4.78, 5) is 0. The number of nitrogens with zero attached hydrogens (tertiary/aromatic N) is 3. The van der Waals surface area contributed by atoms with Gasteiger partial charge in [0.2, 0.25) is 0 Å². The Morgan fingerprint density at radius 2 is 0.778 bits per heavy atom. The molecule has 3 aromatic carbocycles. The van der Waals surface area contributed by atoms with Crippen LogP contribution in [0.15, 0.2) is 72.8 Å². The Kier molecular flexibility index (Phi) is 5.08. The van der Waals surface area contributed by atoms with Crippen LogP contribution in [-0.4, -0.2) is 15.4 Å². The normalized spacial score (nSPS) is 10.8. The number of benzene rings is 3. The van der Waals surface area contributed by atoms with E-state index in [0.29, 0.717) is 26.5 Å². The molecule has 1 aromatic heterocycles. The molecule has 0 amide bonds. The predicted molar refractivity (Wildman–Crippen MR) is 111 cm³/mol. The van der Waals surface area contributed by atoms with E-state index in [4.69, 9.17) is 34.8 Å². The molecule has 0 aliphatic heterocycles. The van der Waals surface area contributed by atoms with E-state index in [1.807, 2.05) is 72.8 Å². The summed E-state index contributed by atoms with van der Waals surface area (Å²) in [6.07, 6.45) is 0. The quantitative estimate of drug-likeness (QED) is 0.370. The van der Waals surface area contributed by atoms with Gasteiger partial charge in [0.15, 0.2) is 0 Å².